The number of nitrogens with one attached hydrogen (secondary N) is 1. The number of nitrogens with zero attached hydrogens (tertiary/aromatic N) is 2. The van der Waals surface area contributed by atoms with E-state index in [1.165, 1.54) is 35.6 Å². The molecule has 1 aliphatic rings. The molecule has 3 rings (SSSR count). The second kappa shape index (κ2) is 5.65. The Hall–Kier alpha value is -2.00. The summed E-state index contributed by atoms with van der Waals surface area (Å²) in [7, 11) is -3.78. The standard InChI is InChI=1S/C13H13N3O4S2/c17-16(18)9-5-7-10(8-6-9)22(19,20)15-13-14-11-3-1-2-4-12(11)21-13/h5-8H,1-4H2,(H,14,15). The van der Waals surface area contributed by atoms with E-state index in [4.69, 9.17) is 0 Å². The van der Waals surface area contributed by atoms with E-state index < -0.39 is 14.9 Å². The Morgan fingerprint density at radius 2 is 1.86 bits per heavy atom. The first kappa shape index (κ1) is 14.9. The molecular weight excluding hydrogens is 326 g/mol. The molecule has 0 fully saturated rings. The second-order valence-corrected chi connectivity index (χ2v) is 7.72. The molecule has 0 radical (unpaired) electrons. The Labute approximate surface area is 131 Å². The summed E-state index contributed by atoms with van der Waals surface area (Å²) in [6, 6.07) is 4.77. The first-order valence-electron chi connectivity index (χ1n) is 6.71. The van der Waals surface area contributed by atoms with Crippen molar-refractivity contribution in [3.05, 3.63) is 45.0 Å². The molecule has 0 amide bonds. The highest BCUT2D eigenvalue weighted by molar-refractivity contribution is 7.93. The number of fused-ring (bicyclic) bond motifs is 1. The molecule has 9 heteroatoms. The molecular formula is C13H13N3O4S2. The van der Waals surface area contributed by atoms with Gasteiger partial charge in [0.2, 0.25) is 0 Å². The van der Waals surface area contributed by atoms with Gasteiger partial charge in [0.1, 0.15) is 0 Å². The molecule has 1 aromatic carbocycles. The lowest BCUT2D eigenvalue weighted by molar-refractivity contribution is -0.384. The zero-order chi connectivity index (χ0) is 15.7. The van der Waals surface area contributed by atoms with Crippen LogP contribution in [0.15, 0.2) is 29.2 Å². The number of thiazole rings is 1. The Morgan fingerprint density at radius 1 is 1.18 bits per heavy atom. The molecule has 0 aliphatic heterocycles. The number of hydrogen-bond donors (Lipinski definition) is 1. The van der Waals surface area contributed by atoms with E-state index in [-0.39, 0.29) is 10.6 Å². The van der Waals surface area contributed by atoms with Gasteiger partial charge in [0, 0.05) is 17.0 Å². The van der Waals surface area contributed by atoms with E-state index in [1.54, 1.807) is 0 Å². The van der Waals surface area contributed by atoms with E-state index in [2.05, 4.69) is 9.71 Å². The quantitative estimate of drug-likeness (QED) is 0.681. The lowest BCUT2D eigenvalue weighted by Crippen LogP contribution is -2.12. The highest BCUT2D eigenvalue weighted by atomic mass is 32.2. The molecule has 22 heavy (non-hydrogen) atoms. The maximum Gasteiger partial charge on any atom is 0.269 e. The van der Waals surface area contributed by atoms with Gasteiger partial charge in [-0.2, -0.15) is 0 Å². The summed E-state index contributed by atoms with van der Waals surface area (Å²) in [5, 5.41) is 10.9. The van der Waals surface area contributed by atoms with Gasteiger partial charge in [-0.05, 0) is 37.8 Å². The van der Waals surface area contributed by atoms with Gasteiger partial charge in [0.05, 0.1) is 15.5 Å². The number of aryl methyl sites for hydroxylation is 2. The van der Waals surface area contributed by atoms with Crippen LogP contribution < -0.4 is 4.72 Å². The second-order valence-electron chi connectivity index (χ2n) is 4.95. The third-order valence-electron chi connectivity index (χ3n) is 3.43. The summed E-state index contributed by atoms with van der Waals surface area (Å²) in [6.45, 7) is 0. The van der Waals surface area contributed by atoms with Gasteiger partial charge < -0.3 is 0 Å². The Kier molecular flexibility index (Phi) is 3.83. The van der Waals surface area contributed by atoms with Crippen LogP contribution in [0.3, 0.4) is 0 Å². The van der Waals surface area contributed by atoms with Crippen LogP contribution in [0.2, 0.25) is 0 Å². The number of aromatic nitrogens is 1. The van der Waals surface area contributed by atoms with Crippen LogP contribution in [-0.4, -0.2) is 18.3 Å². The van der Waals surface area contributed by atoms with Crippen molar-refractivity contribution in [1.82, 2.24) is 4.98 Å². The molecule has 0 spiro atoms. The number of non-ortho nitro benzene ring substituents is 1. The molecule has 0 saturated heterocycles. The molecule has 1 N–H and O–H groups in total. The molecule has 1 heterocycles. The Balaban J connectivity index is 1.83. The first-order valence-corrected chi connectivity index (χ1v) is 9.01. The minimum atomic E-state index is -3.78. The summed E-state index contributed by atoms with van der Waals surface area (Å²) >= 11 is 1.36. The molecule has 7 nitrogen and oxygen atoms in total. The van der Waals surface area contributed by atoms with Crippen LogP contribution in [-0.2, 0) is 22.9 Å². The maximum atomic E-state index is 12.3. The number of benzene rings is 1. The molecule has 0 unspecified atom stereocenters. The maximum absolute atomic E-state index is 12.3. The highest BCUT2D eigenvalue weighted by Crippen LogP contribution is 2.30. The summed E-state index contributed by atoms with van der Waals surface area (Å²) in [4.78, 5) is 15.5. The summed E-state index contributed by atoms with van der Waals surface area (Å²) < 4.78 is 27.0. The predicted molar refractivity (Wildman–Crippen MR) is 82.7 cm³/mol. The smallest absolute Gasteiger partial charge is 0.258 e. The van der Waals surface area contributed by atoms with Crippen LogP contribution in [0.25, 0.3) is 0 Å². The highest BCUT2D eigenvalue weighted by Gasteiger charge is 2.20. The summed E-state index contributed by atoms with van der Waals surface area (Å²) in [5.74, 6) is 0. The van der Waals surface area contributed by atoms with Crippen molar-refractivity contribution >= 4 is 32.2 Å². The zero-order valence-corrected chi connectivity index (χ0v) is 13.1. The Bertz CT molecular complexity index is 789. The van der Waals surface area contributed by atoms with E-state index in [0.717, 1.165) is 36.3 Å². The summed E-state index contributed by atoms with van der Waals surface area (Å²) in [5.41, 5.74) is 0.821. The average Bonchev–Trinajstić information content (AvgIpc) is 2.88. The van der Waals surface area contributed by atoms with Gasteiger partial charge in [-0.15, -0.1) is 11.3 Å². The van der Waals surface area contributed by atoms with Crippen molar-refractivity contribution in [1.29, 1.82) is 0 Å². The lowest BCUT2D eigenvalue weighted by Gasteiger charge is -2.06. The molecule has 0 bridgehead atoms. The predicted octanol–water partition coefficient (Wildman–Crippen LogP) is 2.73. The van der Waals surface area contributed by atoms with Gasteiger partial charge in [0.25, 0.3) is 15.7 Å². The van der Waals surface area contributed by atoms with Crippen molar-refractivity contribution in [3.8, 4) is 0 Å². The van der Waals surface area contributed by atoms with Gasteiger partial charge >= 0.3 is 0 Å². The normalized spacial score (nSPS) is 14.4. The number of sulfonamides is 1. The molecule has 1 aromatic heterocycles. The lowest BCUT2D eigenvalue weighted by atomic mass is 10.0. The number of anilines is 1. The minimum Gasteiger partial charge on any atom is -0.258 e. The SMILES string of the molecule is O=[N+]([O-])c1ccc(S(=O)(=O)Nc2nc3c(s2)CCCC3)cc1. The van der Waals surface area contributed by atoms with Crippen molar-refractivity contribution in [3.63, 3.8) is 0 Å². The van der Waals surface area contributed by atoms with E-state index in [1.807, 2.05) is 0 Å². The van der Waals surface area contributed by atoms with Crippen LogP contribution in [0.5, 0.6) is 0 Å². The van der Waals surface area contributed by atoms with Crippen LogP contribution >= 0.6 is 11.3 Å². The topological polar surface area (TPSA) is 102 Å². The third-order valence-corrected chi connectivity index (χ3v) is 5.98. The number of rotatable bonds is 4. The summed E-state index contributed by atoms with van der Waals surface area (Å²) in [6.07, 6.45) is 3.99. The van der Waals surface area contributed by atoms with Gasteiger partial charge in [-0.25, -0.2) is 13.4 Å². The molecule has 2 aromatic rings. The van der Waals surface area contributed by atoms with E-state index >= 15 is 0 Å². The largest absolute Gasteiger partial charge is 0.269 e. The van der Waals surface area contributed by atoms with E-state index in [0.29, 0.717) is 5.13 Å². The monoisotopic (exact) mass is 339 g/mol. The molecule has 1 aliphatic carbocycles. The molecule has 116 valence electrons. The fraction of sp³-hybridized carbons (Fsp3) is 0.308. The van der Waals surface area contributed by atoms with Crippen molar-refractivity contribution in [2.24, 2.45) is 0 Å². The van der Waals surface area contributed by atoms with Crippen LogP contribution in [0.4, 0.5) is 10.8 Å². The molecule has 0 saturated carbocycles. The van der Waals surface area contributed by atoms with Crippen molar-refractivity contribution in [2.45, 2.75) is 30.6 Å². The zero-order valence-electron chi connectivity index (χ0n) is 11.5. The fourth-order valence-corrected chi connectivity index (χ4v) is 4.60. The van der Waals surface area contributed by atoms with Crippen molar-refractivity contribution < 1.29 is 13.3 Å². The number of nitro groups is 1. The van der Waals surface area contributed by atoms with Gasteiger partial charge in [0.15, 0.2) is 5.13 Å². The molecule has 0 atom stereocenters. The number of hydrogen-bond acceptors (Lipinski definition) is 6. The minimum absolute atomic E-state index is 0.0220. The van der Waals surface area contributed by atoms with Crippen LogP contribution in [0, 0.1) is 10.1 Å². The van der Waals surface area contributed by atoms with Gasteiger partial charge in [-0.1, -0.05) is 0 Å². The van der Waals surface area contributed by atoms with Gasteiger partial charge in [-0.3, -0.25) is 14.8 Å². The van der Waals surface area contributed by atoms with E-state index in [9.17, 15) is 18.5 Å². The van der Waals surface area contributed by atoms with Crippen LogP contribution in [0.1, 0.15) is 23.4 Å². The number of nitro benzene ring substituents is 1. The Morgan fingerprint density at radius 3 is 2.50 bits per heavy atom. The van der Waals surface area contributed by atoms with Crippen molar-refractivity contribution in [2.75, 3.05) is 4.72 Å². The fourth-order valence-electron chi connectivity index (χ4n) is 2.32. The first-order chi connectivity index (χ1) is 10.5. The third kappa shape index (κ3) is 2.95. The average molecular weight is 339 g/mol.